The minimum Gasteiger partial charge on any atom is -0.399 e. The Morgan fingerprint density at radius 2 is 2.27 bits per heavy atom. The van der Waals surface area contributed by atoms with Gasteiger partial charge in [0.05, 0.1) is 6.61 Å². The Kier molecular flexibility index (Phi) is 1.20. The third-order valence-corrected chi connectivity index (χ3v) is 2.07. The number of hydrogen-bond acceptors (Lipinski definition) is 2. The van der Waals surface area contributed by atoms with Crippen molar-refractivity contribution >= 4 is 5.69 Å². The van der Waals surface area contributed by atoms with Crippen LogP contribution >= 0.6 is 0 Å². The maximum atomic E-state index is 5.63. The Labute approximate surface area is 66.0 Å². The van der Waals surface area contributed by atoms with E-state index in [0.29, 0.717) is 0 Å². The lowest BCUT2D eigenvalue weighted by molar-refractivity contribution is 0.329. The average molecular weight is 149 g/mol. The highest BCUT2D eigenvalue weighted by molar-refractivity contribution is 5.43. The Morgan fingerprint density at radius 3 is 2.82 bits per heavy atom. The first kappa shape index (κ1) is 6.68. The summed E-state index contributed by atoms with van der Waals surface area (Å²) in [4.78, 5) is 0. The maximum absolute atomic E-state index is 5.63. The number of epoxide rings is 1. The Hall–Kier alpha value is -1.02. The second-order valence-corrected chi connectivity index (χ2v) is 3.14. The van der Waals surface area contributed by atoms with E-state index in [9.17, 15) is 0 Å². The third-order valence-electron chi connectivity index (χ3n) is 2.07. The van der Waals surface area contributed by atoms with E-state index in [2.05, 4.69) is 6.92 Å². The smallest absolute Gasteiger partial charge is 0.114 e. The van der Waals surface area contributed by atoms with Crippen LogP contribution in [-0.2, 0) is 10.3 Å². The number of nitrogens with two attached hydrogens (primary N) is 1. The highest BCUT2D eigenvalue weighted by Crippen LogP contribution is 2.38. The Morgan fingerprint density at radius 1 is 1.55 bits per heavy atom. The molecule has 0 bridgehead atoms. The second-order valence-electron chi connectivity index (χ2n) is 3.14. The molecule has 1 aliphatic rings. The van der Waals surface area contributed by atoms with Crippen LogP contribution in [0.2, 0.25) is 0 Å². The van der Waals surface area contributed by atoms with Gasteiger partial charge in [-0.25, -0.2) is 0 Å². The van der Waals surface area contributed by atoms with E-state index in [0.717, 1.165) is 12.3 Å². The molecule has 0 aliphatic carbocycles. The minimum absolute atomic E-state index is 0.0463. The number of rotatable bonds is 1. The lowest BCUT2D eigenvalue weighted by Crippen LogP contribution is -2.02. The number of benzene rings is 1. The van der Waals surface area contributed by atoms with Gasteiger partial charge in [0.15, 0.2) is 0 Å². The topological polar surface area (TPSA) is 38.5 Å². The Balaban J connectivity index is 2.38. The summed E-state index contributed by atoms with van der Waals surface area (Å²) in [5.41, 5.74) is 7.56. The first-order chi connectivity index (χ1) is 5.21. The van der Waals surface area contributed by atoms with Gasteiger partial charge in [-0.15, -0.1) is 0 Å². The fraction of sp³-hybridized carbons (Fsp3) is 0.333. The summed E-state index contributed by atoms with van der Waals surface area (Å²) in [5.74, 6) is 0. The van der Waals surface area contributed by atoms with Gasteiger partial charge in [-0.1, -0.05) is 12.1 Å². The molecule has 0 radical (unpaired) electrons. The first-order valence-electron chi connectivity index (χ1n) is 3.71. The van der Waals surface area contributed by atoms with Gasteiger partial charge >= 0.3 is 0 Å². The zero-order chi connectivity index (χ0) is 7.90. The van der Waals surface area contributed by atoms with Crippen LogP contribution in [0.3, 0.4) is 0 Å². The van der Waals surface area contributed by atoms with Crippen molar-refractivity contribution in [1.82, 2.24) is 0 Å². The molecule has 2 N–H and O–H groups in total. The van der Waals surface area contributed by atoms with Gasteiger partial charge in [0.1, 0.15) is 5.60 Å². The van der Waals surface area contributed by atoms with Crippen LogP contribution in [-0.4, -0.2) is 6.61 Å². The van der Waals surface area contributed by atoms with E-state index in [1.165, 1.54) is 5.56 Å². The lowest BCUT2D eigenvalue weighted by atomic mass is 10.0. The van der Waals surface area contributed by atoms with E-state index in [4.69, 9.17) is 10.5 Å². The minimum atomic E-state index is -0.0463. The summed E-state index contributed by atoms with van der Waals surface area (Å²) < 4.78 is 5.28. The summed E-state index contributed by atoms with van der Waals surface area (Å²) in [6.45, 7) is 2.89. The third kappa shape index (κ3) is 1.10. The van der Waals surface area contributed by atoms with Crippen molar-refractivity contribution in [3.8, 4) is 0 Å². The van der Waals surface area contributed by atoms with Crippen LogP contribution in [0.1, 0.15) is 12.5 Å². The van der Waals surface area contributed by atoms with Crippen molar-refractivity contribution in [3.05, 3.63) is 29.8 Å². The van der Waals surface area contributed by atoms with Gasteiger partial charge in [0.25, 0.3) is 0 Å². The van der Waals surface area contributed by atoms with E-state index in [1.807, 2.05) is 24.3 Å². The molecule has 1 atom stereocenters. The lowest BCUT2D eigenvalue weighted by Gasteiger charge is -2.04. The first-order valence-corrected chi connectivity index (χ1v) is 3.71. The molecule has 1 saturated heterocycles. The van der Waals surface area contributed by atoms with Crippen molar-refractivity contribution in [2.24, 2.45) is 0 Å². The summed E-state index contributed by atoms with van der Waals surface area (Å²) in [6, 6.07) is 7.85. The molecule has 1 aliphatic heterocycles. The number of nitrogen functional groups attached to an aromatic ring is 1. The molecule has 1 aromatic rings. The monoisotopic (exact) mass is 149 g/mol. The van der Waals surface area contributed by atoms with Crippen LogP contribution in [0, 0.1) is 0 Å². The van der Waals surface area contributed by atoms with E-state index in [-0.39, 0.29) is 5.60 Å². The molecule has 58 valence electrons. The van der Waals surface area contributed by atoms with Crippen molar-refractivity contribution in [2.75, 3.05) is 12.3 Å². The fourth-order valence-electron chi connectivity index (χ4n) is 1.14. The standard InChI is InChI=1S/C9H11NO/c1-9(6-11-9)7-3-2-4-8(10)5-7/h2-5H,6,10H2,1H3. The molecule has 11 heavy (non-hydrogen) atoms. The van der Waals surface area contributed by atoms with E-state index >= 15 is 0 Å². The van der Waals surface area contributed by atoms with Gasteiger partial charge in [0, 0.05) is 5.69 Å². The van der Waals surface area contributed by atoms with E-state index in [1.54, 1.807) is 0 Å². The van der Waals surface area contributed by atoms with Gasteiger partial charge in [-0.3, -0.25) is 0 Å². The van der Waals surface area contributed by atoms with Crippen LogP contribution in [0.25, 0.3) is 0 Å². The molecule has 0 aromatic heterocycles. The van der Waals surface area contributed by atoms with Gasteiger partial charge < -0.3 is 10.5 Å². The highest BCUT2D eigenvalue weighted by atomic mass is 16.6. The molecular weight excluding hydrogens is 138 g/mol. The molecule has 0 amide bonds. The second kappa shape index (κ2) is 1.98. The fourth-order valence-corrected chi connectivity index (χ4v) is 1.14. The molecule has 1 unspecified atom stereocenters. The van der Waals surface area contributed by atoms with Crippen LogP contribution in [0.15, 0.2) is 24.3 Å². The van der Waals surface area contributed by atoms with Crippen LogP contribution in [0.4, 0.5) is 5.69 Å². The predicted molar refractivity (Wildman–Crippen MR) is 44.2 cm³/mol. The molecular formula is C9H11NO. The molecule has 2 nitrogen and oxygen atoms in total. The molecule has 2 heteroatoms. The number of ether oxygens (including phenoxy) is 1. The van der Waals surface area contributed by atoms with Gasteiger partial charge in [-0.2, -0.15) is 0 Å². The van der Waals surface area contributed by atoms with Crippen LogP contribution in [0.5, 0.6) is 0 Å². The van der Waals surface area contributed by atoms with Gasteiger partial charge in [-0.05, 0) is 24.6 Å². The molecule has 1 fully saturated rings. The molecule has 0 saturated carbocycles. The number of anilines is 1. The number of hydrogen-bond donors (Lipinski definition) is 1. The molecule has 2 rings (SSSR count). The maximum Gasteiger partial charge on any atom is 0.114 e. The van der Waals surface area contributed by atoms with Gasteiger partial charge in [0.2, 0.25) is 0 Å². The summed E-state index contributed by atoms with van der Waals surface area (Å²) >= 11 is 0. The highest BCUT2D eigenvalue weighted by Gasteiger charge is 2.40. The SMILES string of the molecule is CC1(c2cccc(N)c2)CO1. The summed E-state index contributed by atoms with van der Waals surface area (Å²) in [5, 5.41) is 0. The van der Waals surface area contributed by atoms with Crippen molar-refractivity contribution in [2.45, 2.75) is 12.5 Å². The normalized spacial score (nSPS) is 28.5. The van der Waals surface area contributed by atoms with Crippen molar-refractivity contribution < 1.29 is 4.74 Å². The van der Waals surface area contributed by atoms with Crippen LogP contribution < -0.4 is 5.73 Å². The zero-order valence-corrected chi connectivity index (χ0v) is 6.50. The summed E-state index contributed by atoms with van der Waals surface area (Å²) in [6.07, 6.45) is 0. The average Bonchev–Trinajstić information content (AvgIpc) is 2.70. The van der Waals surface area contributed by atoms with E-state index < -0.39 is 0 Å². The molecule has 0 spiro atoms. The molecule has 1 aromatic carbocycles. The van der Waals surface area contributed by atoms with Crippen molar-refractivity contribution in [1.29, 1.82) is 0 Å². The Bertz CT molecular complexity index is 279. The largest absolute Gasteiger partial charge is 0.399 e. The zero-order valence-electron chi connectivity index (χ0n) is 6.50. The molecule has 1 heterocycles. The van der Waals surface area contributed by atoms with Crippen molar-refractivity contribution in [3.63, 3.8) is 0 Å². The summed E-state index contributed by atoms with van der Waals surface area (Å²) in [7, 11) is 0. The quantitative estimate of drug-likeness (QED) is 0.485. The predicted octanol–water partition coefficient (Wildman–Crippen LogP) is 1.51.